The quantitative estimate of drug-likeness (QED) is 0.298. The first-order chi connectivity index (χ1) is 18.4. The van der Waals surface area contributed by atoms with Crippen molar-refractivity contribution in [3.05, 3.63) is 86.3 Å². The van der Waals surface area contributed by atoms with Crippen LogP contribution in [-0.2, 0) is 30.6 Å². The lowest BCUT2D eigenvalue weighted by Gasteiger charge is -2.31. The molecule has 14 heteroatoms. The van der Waals surface area contributed by atoms with Crippen molar-refractivity contribution < 1.29 is 21.6 Å². The second-order valence-corrected chi connectivity index (χ2v) is 14.2. The molecule has 1 saturated heterocycles. The molecule has 0 bridgehead atoms. The molecule has 0 saturated carbocycles. The van der Waals surface area contributed by atoms with Crippen LogP contribution in [0.15, 0.2) is 65.6 Å². The van der Waals surface area contributed by atoms with Crippen LogP contribution in [0.25, 0.3) is 0 Å². The van der Waals surface area contributed by atoms with Gasteiger partial charge >= 0.3 is 0 Å². The van der Waals surface area contributed by atoms with Crippen LogP contribution >= 0.6 is 46.4 Å². The Morgan fingerprint density at radius 1 is 0.897 bits per heavy atom. The molecule has 1 amide bonds. The SMILES string of the molecule is O=C(Nc1ccc(S(=O)(=O)Nc2ccc(Cl)cc2Cl)cc1)C1CCCN(S(=O)(=O)Cc2c(Cl)cccc2Cl)C1. The van der Waals surface area contributed by atoms with E-state index in [2.05, 4.69) is 10.0 Å². The second-order valence-electron chi connectivity index (χ2n) is 8.90. The van der Waals surface area contributed by atoms with Gasteiger partial charge in [0.1, 0.15) is 0 Å². The van der Waals surface area contributed by atoms with Crippen LogP contribution in [0.5, 0.6) is 0 Å². The number of carbonyl (C=O) groups is 1. The van der Waals surface area contributed by atoms with E-state index in [0.717, 1.165) is 0 Å². The minimum Gasteiger partial charge on any atom is -0.326 e. The van der Waals surface area contributed by atoms with Gasteiger partial charge in [0.05, 0.1) is 27.3 Å². The molecule has 1 atom stereocenters. The summed E-state index contributed by atoms with van der Waals surface area (Å²) >= 11 is 24.2. The molecule has 8 nitrogen and oxygen atoms in total. The predicted molar refractivity (Wildman–Crippen MR) is 156 cm³/mol. The summed E-state index contributed by atoms with van der Waals surface area (Å²) in [6.07, 6.45) is 1.01. The molecule has 39 heavy (non-hydrogen) atoms. The Morgan fingerprint density at radius 2 is 1.56 bits per heavy atom. The van der Waals surface area contributed by atoms with E-state index in [0.29, 0.717) is 29.1 Å². The molecule has 1 aliphatic rings. The Balaban J connectivity index is 1.40. The molecular formula is C25H23Cl4N3O5S2. The smallest absolute Gasteiger partial charge is 0.261 e. The highest BCUT2D eigenvalue weighted by atomic mass is 35.5. The molecule has 1 heterocycles. The number of anilines is 2. The Bertz CT molecular complexity index is 1580. The first-order valence-electron chi connectivity index (χ1n) is 11.7. The van der Waals surface area contributed by atoms with Gasteiger partial charge in [0, 0.05) is 39.4 Å². The van der Waals surface area contributed by atoms with Crippen molar-refractivity contribution in [1.29, 1.82) is 0 Å². The van der Waals surface area contributed by atoms with Crippen molar-refractivity contribution in [1.82, 2.24) is 4.31 Å². The summed E-state index contributed by atoms with van der Waals surface area (Å²) < 4.78 is 55.4. The Hall–Kier alpha value is -2.05. The van der Waals surface area contributed by atoms with Crippen LogP contribution in [-0.4, -0.2) is 40.1 Å². The van der Waals surface area contributed by atoms with Gasteiger partial charge in [-0.15, -0.1) is 0 Å². The molecule has 3 aromatic carbocycles. The fraction of sp³-hybridized carbons (Fsp3) is 0.240. The standard InChI is InChI=1S/C25H23Cl4N3O5S2/c26-17-6-11-24(23(29)13-17)31-39(36,37)19-9-7-18(8-10-19)30-25(33)16-3-2-12-32(14-16)38(34,35)15-20-21(27)4-1-5-22(20)28/h1,4-11,13,16,31H,2-3,12,14-15H2,(H,30,33). The van der Waals surface area contributed by atoms with Gasteiger partial charge in [-0.05, 0) is 67.4 Å². The van der Waals surface area contributed by atoms with Gasteiger partial charge in [-0.1, -0.05) is 52.5 Å². The summed E-state index contributed by atoms with van der Waals surface area (Å²) in [4.78, 5) is 12.9. The molecule has 0 radical (unpaired) electrons. The Morgan fingerprint density at radius 3 is 2.21 bits per heavy atom. The number of sulfonamides is 2. The highest BCUT2D eigenvalue weighted by Gasteiger charge is 2.33. The molecule has 208 valence electrons. The highest BCUT2D eigenvalue weighted by Crippen LogP contribution is 2.30. The normalized spacial score (nSPS) is 16.6. The van der Waals surface area contributed by atoms with E-state index in [9.17, 15) is 21.6 Å². The molecular weight excluding hydrogens is 628 g/mol. The lowest BCUT2D eigenvalue weighted by Crippen LogP contribution is -2.44. The monoisotopic (exact) mass is 649 g/mol. The Kier molecular flexibility index (Phi) is 9.37. The van der Waals surface area contributed by atoms with Crippen LogP contribution < -0.4 is 10.0 Å². The zero-order valence-electron chi connectivity index (χ0n) is 20.2. The minimum absolute atomic E-state index is 0.00841. The van der Waals surface area contributed by atoms with Crippen molar-refractivity contribution in [2.75, 3.05) is 23.1 Å². The summed E-state index contributed by atoms with van der Waals surface area (Å²) in [7, 11) is -7.73. The van der Waals surface area contributed by atoms with Gasteiger partial charge in [0.25, 0.3) is 10.0 Å². The van der Waals surface area contributed by atoms with E-state index >= 15 is 0 Å². The van der Waals surface area contributed by atoms with E-state index in [1.165, 1.54) is 46.8 Å². The molecule has 0 spiro atoms. The first kappa shape index (κ1) is 29.9. The predicted octanol–water partition coefficient (Wildman–Crippen LogP) is 6.28. The summed E-state index contributed by atoms with van der Waals surface area (Å²) in [6, 6.07) is 14.7. The third kappa shape index (κ3) is 7.38. The van der Waals surface area contributed by atoms with Crippen LogP contribution in [0.4, 0.5) is 11.4 Å². The van der Waals surface area contributed by atoms with Crippen LogP contribution in [0.2, 0.25) is 20.1 Å². The molecule has 2 N–H and O–H groups in total. The molecule has 0 aliphatic carbocycles. The number of hydrogen-bond acceptors (Lipinski definition) is 5. The fourth-order valence-electron chi connectivity index (χ4n) is 4.09. The lowest BCUT2D eigenvalue weighted by atomic mass is 9.99. The zero-order valence-corrected chi connectivity index (χ0v) is 24.9. The van der Waals surface area contributed by atoms with Gasteiger partial charge in [0.15, 0.2) is 0 Å². The third-order valence-electron chi connectivity index (χ3n) is 6.14. The van der Waals surface area contributed by atoms with Crippen molar-refractivity contribution in [3.8, 4) is 0 Å². The number of nitrogens with one attached hydrogen (secondary N) is 2. The molecule has 1 fully saturated rings. The van der Waals surface area contributed by atoms with Crippen molar-refractivity contribution in [2.24, 2.45) is 5.92 Å². The third-order valence-corrected chi connectivity index (χ3v) is 10.6. The van der Waals surface area contributed by atoms with Gasteiger partial charge in [-0.3, -0.25) is 9.52 Å². The number of nitrogens with zero attached hydrogens (tertiary/aromatic N) is 1. The van der Waals surface area contributed by atoms with Gasteiger partial charge in [-0.2, -0.15) is 0 Å². The number of carbonyl (C=O) groups excluding carboxylic acids is 1. The average molecular weight is 651 g/mol. The minimum atomic E-state index is -3.95. The van der Waals surface area contributed by atoms with E-state index in [1.54, 1.807) is 18.2 Å². The largest absolute Gasteiger partial charge is 0.326 e. The number of benzene rings is 3. The molecule has 1 aliphatic heterocycles. The maximum Gasteiger partial charge on any atom is 0.261 e. The zero-order chi connectivity index (χ0) is 28.4. The number of hydrogen-bond donors (Lipinski definition) is 2. The van der Waals surface area contributed by atoms with Crippen molar-refractivity contribution in [3.63, 3.8) is 0 Å². The summed E-state index contributed by atoms with van der Waals surface area (Å²) in [5, 5.41) is 3.77. The average Bonchev–Trinajstić information content (AvgIpc) is 2.88. The van der Waals surface area contributed by atoms with E-state index in [-0.39, 0.29) is 50.4 Å². The van der Waals surface area contributed by atoms with Crippen molar-refractivity contribution >= 4 is 83.7 Å². The lowest BCUT2D eigenvalue weighted by molar-refractivity contribution is -0.120. The topological polar surface area (TPSA) is 113 Å². The van der Waals surface area contributed by atoms with Crippen molar-refractivity contribution in [2.45, 2.75) is 23.5 Å². The van der Waals surface area contributed by atoms with Gasteiger partial charge in [0.2, 0.25) is 15.9 Å². The maximum absolute atomic E-state index is 13.1. The summed E-state index contributed by atoms with van der Waals surface area (Å²) in [5.41, 5.74) is 0.855. The number of amides is 1. The first-order valence-corrected chi connectivity index (χ1v) is 16.3. The summed E-state index contributed by atoms with van der Waals surface area (Å²) in [5.74, 6) is -1.33. The van der Waals surface area contributed by atoms with E-state index in [4.69, 9.17) is 46.4 Å². The second kappa shape index (κ2) is 12.2. The van der Waals surface area contributed by atoms with Crippen LogP contribution in [0.1, 0.15) is 18.4 Å². The highest BCUT2D eigenvalue weighted by molar-refractivity contribution is 7.92. The number of piperidine rings is 1. The van der Waals surface area contributed by atoms with Gasteiger partial charge < -0.3 is 5.32 Å². The Labute approximate surface area is 247 Å². The molecule has 1 unspecified atom stereocenters. The van der Waals surface area contributed by atoms with E-state index < -0.39 is 26.0 Å². The summed E-state index contributed by atoms with van der Waals surface area (Å²) in [6.45, 7) is 0.292. The fourth-order valence-corrected chi connectivity index (χ4v) is 8.04. The van der Waals surface area contributed by atoms with Gasteiger partial charge in [-0.25, -0.2) is 21.1 Å². The van der Waals surface area contributed by atoms with Crippen LogP contribution in [0.3, 0.4) is 0 Å². The number of halogens is 4. The molecule has 4 rings (SSSR count). The van der Waals surface area contributed by atoms with Crippen LogP contribution in [0, 0.1) is 5.92 Å². The maximum atomic E-state index is 13.1. The molecule has 3 aromatic rings. The van der Waals surface area contributed by atoms with E-state index in [1.807, 2.05) is 0 Å². The number of rotatable bonds is 8. The molecule has 0 aromatic heterocycles.